The first-order chi connectivity index (χ1) is 16.3. The summed E-state index contributed by atoms with van der Waals surface area (Å²) in [5.74, 6) is -0.148. The zero-order chi connectivity index (χ0) is 24.3. The molecule has 34 heavy (non-hydrogen) atoms. The van der Waals surface area contributed by atoms with E-state index in [4.69, 9.17) is 4.74 Å². The van der Waals surface area contributed by atoms with Gasteiger partial charge in [0.1, 0.15) is 5.60 Å². The summed E-state index contributed by atoms with van der Waals surface area (Å²) in [6, 6.07) is 11.6. The highest BCUT2D eigenvalue weighted by molar-refractivity contribution is 5.71. The van der Waals surface area contributed by atoms with Crippen LogP contribution >= 0.6 is 0 Å². The highest BCUT2D eigenvalue weighted by atomic mass is 16.5. The minimum absolute atomic E-state index is 0.0147. The molecule has 8 heteroatoms. The Labute approximate surface area is 199 Å². The summed E-state index contributed by atoms with van der Waals surface area (Å²) < 4.78 is 5.16. The fourth-order valence-electron chi connectivity index (χ4n) is 4.64. The molecule has 3 N–H and O–H groups in total. The van der Waals surface area contributed by atoms with Crippen LogP contribution in [0, 0.1) is 18.8 Å². The molecule has 0 bridgehead atoms. The Kier molecular flexibility index (Phi) is 6.79. The summed E-state index contributed by atoms with van der Waals surface area (Å²) in [5.41, 5.74) is 3.30. The van der Waals surface area contributed by atoms with Gasteiger partial charge < -0.3 is 20.3 Å². The largest absolute Gasteiger partial charge is 0.481 e. The summed E-state index contributed by atoms with van der Waals surface area (Å²) in [4.78, 5) is 24.4. The van der Waals surface area contributed by atoms with Gasteiger partial charge in [0.2, 0.25) is 11.8 Å². The number of aryl methyl sites for hydroxylation is 1. The number of methoxy groups -OCH3 is 1. The van der Waals surface area contributed by atoms with E-state index in [0.29, 0.717) is 43.2 Å². The third kappa shape index (κ3) is 5.17. The molecule has 3 aromatic rings. The van der Waals surface area contributed by atoms with Crippen molar-refractivity contribution in [3.05, 3.63) is 60.0 Å². The summed E-state index contributed by atoms with van der Waals surface area (Å²) in [7, 11) is 1.56. The van der Waals surface area contributed by atoms with Crippen LogP contribution in [-0.2, 0) is 10.4 Å². The average Bonchev–Trinajstić information content (AvgIpc) is 2.84. The Morgan fingerprint density at radius 3 is 2.50 bits per heavy atom. The van der Waals surface area contributed by atoms with Crippen molar-refractivity contribution in [3.8, 4) is 17.0 Å². The molecule has 2 heterocycles. The molecule has 8 nitrogen and oxygen atoms in total. The van der Waals surface area contributed by atoms with E-state index in [-0.39, 0.29) is 11.8 Å². The number of ether oxygens (including phenoxy) is 1. The number of aliphatic hydroxyl groups is 1. The number of carbonyl (C=O) groups is 1. The van der Waals surface area contributed by atoms with Crippen molar-refractivity contribution in [1.82, 2.24) is 15.0 Å². The molecule has 178 valence electrons. The summed E-state index contributed by atoms with van der Waals surface area (Å²) in [6.45, 7) is 3.80. The molecular formula is C26H30N4O4. The maximum atomic E-state index is 11.2. The second kappa shape index (κ2) is 9.77. The molecule has 0 aliphatic heterocycles. The van der Waals surface area contributed by atoms with Crippen LogP contribution in [0.2, 0.25) is 0 Å². The van der Waals surface area contributed by atoms with Crippen LogP contribution in [0.25, 0.3) is 11.1 Å². The number of aliphatic carboxylic acids is 1. The molecule has 0 amide bonds. The van der Waals surface area contributed by atoms with Gasteiger partial charge in [-0.1, -0.05) is 12.1 Å². The molecule has 1 saturated carbocycles. The van der Waals surface area contributed by atoms with Gasteiger partial charge in [-0.2, -0.15) is 4.98 Å². The second-order valence-corrected chi connectivity index (χ2v) is 9.10. The SMILES string of the molecule is COc1ccnc(Nc2cc(C)cc(-c3ccc([C@@](C)(O)C4CCC(C(=O)O)CC4)nc3)c2)n1. The molecule has 1 aromatic carbocycles. The van der Waals surface area contributed by atoms with Crippen molar-refractivity contribution in [2.24, 2.45) is 11.8 Å². The van der Waals surface area contributed by atoms with E-state index >= 15 is 0 Å². The number of carboxylic acids is 1. The van der Waals surface area contributed by atoms with Crippen LogP contribution in [0.1, 0.15) is 43.9 Å². The molecule has 0 unspecified atom stereocenters. The van der Waals surface area contributed by atoms with Crippen molar-refractivity contribution in [1.29, 1.82) is 0 Å². The molecule has 1 aliphatic rings. The normalized spacial score (nSPS) is 19.8. The van der Waals surface area contributed by atoms with Crippen LogP contribution in [0.3, 0.4) is 0 Å². The standard InChI is InChI=1S/C26H30N4O4/c1-16-12-19(14-21(13-16)29-25-27-11-10-23(30-25)34-3)18-6-9-22(28-15-18)26(2,33)20-7-4-17(5-8-20)24(31)32/h6,9-15,17,20,33H,4-5,7-8H2,1-3H3,(H,31,32)(H,27,29,30)/t17?,20?,26-/m0/s1. The fourth-order valence-corrected chi connectivity index (χ4v) is 4.64. The molecule has 0 radical (unpaired) electrons. The monoisotopic (exact) mass is 462 g/mol. The third-order valence-corrected chi connectivity index (χ3v) is 6.66. The van der Waals surface area contributed by atoms with Gasteiger partial charge in [0, 0.05) is 29.7 Å². The van der Waals surface area contributed by atoms with Gasteiger partial charge in [0.25, 0.3) is 0 Å². The van der Waals surface area contributed by atoms with E-state index in [0.717, 1.165) is 22.4 Å². The van der Waals surface area contributed by atoms with Crippen LogP contribution in [-0.4, -0.2) is 38.2 Å². The highest BCUT2D eigenvalue weighted by Crippen LogP contribution is 2.40. The van der Waals surface area contributed by atoms with E-state index in [2.05, 4.69) is 26.3 Å². The first-order valence-corrected chi connectivity index (χ1v) is 11.4. The lowest BCUT2D eigenvalue weighted by Crippen LogP contribution is -2.36. The van der Waals surface area contributed by atoms with E-state index in [1.807, 2.05) is 31.2 Å². The van der Waals surface area contributed by atoms with Gasteiger partial charge in [-0.3, -0.25) is 9.78 Å². The maximum Gasteiger partial charge on any atom is 0.306 e. The predicted molar refractivity (Wildman–Crippen MR) is 129 cm³/mol. The number of nitrogens with one attached hydrogen (secondary N) is 1. The summed E-state index contributed by atoms with van der Waals surface area (Å²) >= 11 is 0. The van der Waals surface area contributed by atoms with Crippen LogP contribution < -0.4 is 10.1 Å². The van der Waals surface area contributed by atoms with Gasteiger partial charge in [0.15, 0.2) is 0 Å². The molecule has 1 aliphatic carbocycles. The van der Waals surface area contributed by atoms with Crippen LogP contribution in [0.15, 0.2) is 48.8 Å². The number of aromatic nitrogens is 3. The van der Waals surface area contributed by atoms with Gasteiger partial charge in [0.05, 0.1) is 18.7 Å². The van der Waals surface area contributed by atoms with Crippen molar-refractivity contribution in [3.63, 3.8) is 0 Å². The lowest BCUT2D eigenvalue weighted by Gasteiger charge is -2.36. The molecular weight excluding hydrogens is 432 g/mol. The van der Waals surface area contributed by atoms with Crippen LogP contribution in [0.5, 0.6) is 5.88 Å². The minimum atomic E-state index is -1.11. The minimum Gasteiger partial charge on any atom is -0.481 e. The second-order valence-electron chi connectivity index (χ2n) is 9.10. The molecule has 2 aromatic heterocycles. The van der Waals surface area contributed by atoms with Gasteiger partial charge >= 0.3 is 5.97 Å². The lowest BCUT2D eigenvalue weighted by molar-refractivity contribution is -0.144. The number of carboxylic acid groups (broad SMARTS) is 1. The topological polar surface area (TPSA) is 117 Å². The number of hydrogen-bond donors (Lipinski definition) is 3. The Bertz CT molecular complexity index is 1160. The first-order valence-electron chi connectivity index (χ1n) is 11.4. The molecule has 4 rings (SSSR count). The molecule has 1 fully saturated rings. The van der Waals surface area contributed by atoms with Gasteiger partial charge in [-0.25, -0.2) is 4.98 Å². The number of hydrogen-bond acceptors (Lipinski definition) is 7. The summed E-state index contributed by atoms with van der Waals surface area (Å²) in [6.07, 6.45) is 5.93. The Balaban J connectivity index is 1.51. The zero-order valence-electron chi connectivity index (χ0n) is 19.7. The van der Waals surface area contributed by atoms with Crippen molar-refractivity contribution in [2.45, 2.75) is 45.1 Å². The van der Waals surface area contributed by atoms with Crippen molar-refractivity contribution < 1.29 is 19.7 Å². The highest BCUT2D eigenvalue weighted by Gasteiger charge is 2.38. The van der Waals surface area contributed by atoms with Gasteiger partial charge in [-0.15, -0.1) is 0 Å². The fraction of sp³-hybridized carbons (Fsp3) is 0.385. The predicted octanol–water partition coefficient (Wildman–Crippen LogP) is 4.70. The number of nitrogens with zero attached hydrogens (tertiary/aromatic N) is 3. The average molecular weight is 463 g/mol. The first kappa shape index (κ1) is 23.6. The maximum absolute atomic E-state index is 11.2. The lowest BCUT2D eigenvalue weighted by atomic mass is 9.73. The van der Waals surface area contributed by atoms with Crippen molar-refractivity contribution >= 4 is 17.6 Å². The van der Waals surface area contributed by atoms with E-state index in [9.17, 15) is 15.0 Å². The summed E-state index contributed by atoms with van der Waals surface area (Å²) in [5, 5.41) is 23.7. The Morgan fingerprint density at radius 1 is 1.09 bits per heavy atom. The quantitative estimate of drug-likeness (QED) is 0.463. The van der Waals surface area contributed by atoms with E-state index in [1.54, 1.807) is 32.5 Å². The zero-order valence-corrected chi connectivity index (χ0v) is 19.7. The van der Waals surface area contributed by atoms with Crippen LogP contribution in [0.4, 0.5) is 11.6 Å². The Morgan fingerprint density at radius 2 is 1.85 bits per heavy atom. The van der Waals surface area contributed by atoms with E-state index in [1.165, 1.54) is 0 Å². The van der Waals surface area contributed by atoms with E-state index < -0.39 is 11.6 Å². The third-order valence-electron chi connectivity index (χ3n) is 6.66. The number of rotatable bonds is 7. The molecule has 1 atom stereocenters. The van der Waals surface area contributed by atoms with Crippen molar-refractivity contribution in [2.75, 3.05) is 12.4 Å². The molecule has 0 saturated heterocycles. The smallest absolute Gasteiger partial charge is 0.306 e. The number of pyridine rings is 1. The van der Waals surface area contributed by atoms with Gasteiger partial charge in [-0.05, 0) is 74.8 Å². The molecule has 0 spiro atoms. The Hall–Kier alpha value is -3.52. The number of anilines is 2. The number of benzene rings is 1.